The van der Waals surface area contributed by atoms with Crippen molar-refractivity contribution in [3.8, 4) is 23.1 Å². The Kier molecular flexibility index (Phi) is 7.32. The van der Waals surface area contributed by atoms with E-state index in [1.54, 1.807) is 37.3 Å². The Morgan fingerprint density at radius 2 is 1.78 bits per heavy atom. The third-order valence-corrected chi connectivity index (χ3v) is 7.59. The predicted molar refractivity (Wildman–Crippen MR) is 129 cm³/mol. The van der Waals surface area contributed by atoms with Gasteiger partial charge in [0.25, 0.3) is 0 Å². The molecule has 1 aliphatic rings. The number of fused-ring (bicyclic) bond motifs is 1. The molecule has 0 bridgehead atoms. The van der Waals surface area contributed by atoms with Crippen molar-refractivity contribution in [1.82, 2.24) is 9.29 Å². The van der Waals surface area contributed by atoms with Gasteiger partial charge in [-0.25, -0.2) is 18.2 Å². The Morgan fingerprint density at radius 1 is 1.08 bits per heavy atom. The number of nitrogens with zero attached hydrogens (tertiary/aromatic N) is 2. The summed E-state index contributed by atoms with van der Waals surface area (Å²) in [6.07, 6.45) is 0. The van der Waals surface area contributed by atoms with Crippen LogP contribution in [-0.2, 0) is 19.6 Å². The molecule has 2 heterocycles. The smallest absolute Gasteiger partial charge is 0.337 e. The average molecular weight is 529 g/mol. The van der Waals surface area contributed by atoms with Gasteiger partial charge >= 0.3 is 11.9 Å². The number of aryl methyl sites for hydroxylation is 1. The van der Waals surface area contributed by atoms with Gasteiger partial charge in [0, 0.05) is 12.1 Å². The van der Waals surface area contributed by atoms with E-state index in [1.807, 2.05) is 0 Å². The minimum absolute atomic E-state index is 0.0106. The number of ether oxygens (including phenoxy) is 4. The Labute approximate surface area is 213 Å². The Bertz CT molecular complexity index is 1440. The molecule has 0 saturated heterocycles. The van der Waals surface area contributed by atoms with Gasteiger partial charge in [-0.3, -0.25) is 4.79 Å². The first-order valence-corrected chi connectivity index (χ1v) is 12.5. The normalized spacial score (nSPS) is 13.3. The molecule has 0 spiro atoms. The minimum Gasteiger partial charge on any atom is -0.478 e. The third kappa shape index (κ3) is 5.49. The molecule has 1 aliphatic heterocycles. The van der Waals surface area contributed by atoms with Gasteiger partial charge in [-0.15, -0.1) is 0 Å². The molecule has 37 heavy (non-hydrogen) atoms. The molecule has 0 aliphatic carbocycles. The number of carboxylic acids is 1. The van der Waals surface area contributed by atoms with Crippen molar-refractivity contribution in [3.05, 3.63) is 71.4 Å². The van der Waals surface area contributed by atoms with Crippen molar-refractivity contribution in [1.29, 1.82) is 0 Å². The lowest BCUT2D eigenvalue weighted by molar-refractivity contribution is -0.141. The molecule has 0 saturated carbocycles. The van der Waals surface area contributed by atoms with Crippen LogP contribution in [-0.4, -0.2) is 55.2 Å². The maximum Gasteiger partial charge on any atom is 0.337 e. The highest BCUT2D eigenvalue weighted by atomic mass is 32.2. The lowest BCUT2D eigenvalue weighted by Gasteiger charge is -2.28. The molecule has 1 unspecified atom stereocenters. The quantitative estimate of drug-likeness (QED) is 0.410. The zero-order valence-electron chi connectivity index (χ0n) is 20.2. The number of esters is 1. The van der Waals surface area contributed by atoms with E-state index >= 15 is 0 Å². The first-order valence-electron chi connectivity index (χ1n) is 11.1. The Hall–Kier alpha value is -4.16. The van der Waals surface area contributed by atoms with Crippen LogP contribution in [0.15, 0.2) is 59.5 Å². The van der Waals surface area contributed by atoms with E-state index in [2.05, 4.69) is 4.98 Å². The highest BCUT2D eigenvalue weighted by molar-refractivity contribution is 7.89. The fourth-order valence-corrected chi connectivity index (χ4v) is 5.22. The molecular formula is C25H24N2O9S. The second-order valence-electron chi connectivity index (χ2n) is 8.12. The minimum atomic E-state index is -4.26. The van der Waals surface area contributed by atoms with Crippen molar-refractivity contribution in [2.45, 2.75) is 24.8 Å². The number of hydrogen-bond donors (Lipinski definition) is 1. The molecular weight excluding hydrogens is 504 g/mol. The number of pyridine rings is 1. The standard InChI is InChI=1S/C25H24N2O9S/c1-15-4-7-18(8-5-15)37(31,32)27(13-23(28)33-3)16(2)24-19(25(29)30)9-11-22(26-24)36-17-6-10-20-21(12-17)35-14-34-20/h4-12,16H,13-14H2,1-3H3,(H,29,30). The molecule has 1 atom stereocenters. The number of rotatable bonds is 9. The van der Waals surface area contributed by atoms with E-state index in [9.17, 15) is 23.1 Å². The summed E-state index contributed by atoms with van der Waals surface area (Å²) in [4.78, 5) is 28.5. The third-order valence-electron chi connectivity index (χ3n) is 5.66. The van der Waals surface area contributed by atoms with Crippen LogP contribution < -0.4 is 14.2 Å². The fraction of sp³-hybridized carbons (Fsp3) is 0.240. The van der Waals surface area contributed by atoms with Crippen molar-refractivity contribution < 1.29 is 42.1 Å². The van der Waals surface area contributed by atoms with Gasteiger partial charge in [0.2, 0.25) is 22.7 Å². The molecule has 3 aromatic rings. The average Bonchev–Trinajstić information content (AvgIpc) is 3.34. The summed E-state index contributed by atoms with van der Waals surface area (Å²) in [5, 5.41) is 9.79. The van der Waals surface area contributed by atoms with Gasteiger partial charge in [-0.1, -0.05) is 17.7 Å². The SMILES string of the molecule is COC(=O)CN(C(C)c1nc(Oc2ccc3c(c2)OCO3)ccc1C(=O)O)S(=O)(=O)c1ccc(C)cc1. The van der Waals surface area contributed by atoms with Crippen LogP contribution in [0.5, 0.6) is 23.1 Å². The Balaban J connectivity index is 1.74. The van der Waals surface area contributed by atoms with E-state index in [-0.39, 0.29) is 28.8 Å². The van der Waals surface area contributed by atoms with Crippen LogP contribution in [0.1, 0.15) is 34.6 Å². The molecule has 1 aromatic heterocycles. The summed E-state index contributed by atoms with van der Waals surface area (Å²) in [7, 11) is -3.13. The molecule has 0 radical (unpaired) electrons. The van der Waals surface area contributed by atoms with E-state index < -0.39 is 34.5 Å². The number of sulfonamides is 1. The molecule has 2 aromatic carbocycles. The lowest BCUT2D eigenvalue weighted by atomic mass is 10.1. The van der Waals surface area contributed by atoms with Gasteiger partial charge in [0.05, 0.1) is 29.3 Å². The van der Waals surface area contributed by atoms with Crippen molar-refractivity contribution in [2.24, 2.45) is 0 Å². The van der Waals surface area contributed by atoms with Crippen LogP contribution in [0.3, 0.4) is 0 Å². The van der Waals surface area contributed by atoms with Crippen LogP contribution in [0, 0.1) is 6.92 Å². The number of carbonyl (C=O) groups is 2. The molecule has 11 nitrogen and oxygen atoms in total. The predicted octanol–water partition coefficient (Wildman–Crippen LogP) is 3.53. The summed E-state index contributed by atoms with van der Waals surface area (Å²) in [5.41, 5.74) is 0.472. The van der Waals surface area contributed by atoms with E-state index in [0.717, 1.165) is 17.0 Å². The van der Waals surface area contributed by atoms with Crippen molar-refractivity contribution >= 4 is 22.0 Å². The number of carbonyl (C=O) groups excluding carboxylic acids is 1. The fourth-order valence-electron chi connectivity index (χ4n) is 3.68. The first-order chi connectivity index (χ1) is 17.6. The molecule has 4 rings (SSSR count). The first kappa shape index (κ1) is 25.9. The monoisotopic (exact) mass is 528 g/mol. The van der Waals surface area contributed by atoms with Crippen LogP contribution in [0.25, 0.3) is 0 Å². The van der Waals surface area contributed by atoms with E-state index in [0.29, 0.717) is 17.2 Å². The van der Waals surface area contributed by atoms with Crippen LogP contribution >= 0.6 is 0 Å². The van der Waals surface area contributed by atoms with Gasteiger partial charge < -0.3 is 24.1 Å². The number of carboxylic acid groups (broad SMARTS) is 1. The van der Waals surface area contributed by atoms with Gasteiger partial charge in [-0.2, -0.15) is 4.31 Å². The summed E-state index contributed by atoms with van der Waals surface area (Å²) >= 11 is 0. The van der Waals surface area contributed by atoms with Crippen LogP contribution in [0.4, 0.5) is 0 Å². The Morgan fingerprint density at radius 3 is 2.46 bits per heavy atom. The summed E-state index contributed by atoms with van der Waals surface area (Å²) in [6, 6.07) is 12.3. The maximum absolute atomic E-state index is 13.6. The summed E-state index contributed by atoms with van der Waals surface area (Å²) in [5.74, 6) is -0.771. The zero-order valence-corrected chi connectivity index (χ0v) is 21.0. The van der Waals surface area contributed by atoms with Gasteiger partial charge in [-0.05, 0) is 44.2 Å². The zero-order chi connectivity index (χ0) is 26.7. The van der Waals surface area contributed by atoms with Crippen LogP contribution in [0.2, 0.25) is 0 Å². The van der Waals surface area contributed by atoms with Gasteiger partial charge in [0.1, 0.15) is 12.3 Å². The number of hydrogen-bond acceptors (Lipinski definition) is 9. The number of benzene rings is 2. The van der Waals surface area contributed by atoms with E-state index in [4.69, 9.17) is 18.9 Å². The second-order valence-corrected chi connectivity index (χ2v) is 10.0. The number of aromatic carboxylic acids is 1. The van der Waals surface area contributed by atoms with Crippen molar-refractivity contribution in [2.75, 3.05) is 20.4 Å². The van der Waals surface area contributed by atoms with Crippen molar-refractivity contribution in [3.63, 3.8) is 0 Å². The topological polar surface area (TPSA) is 142 Å². The second kappa shape index (κ2) is 10.4. The highest BCUT2D eigenvalue weighted by Gasteiger charge is 2.35. The summed E-state index contributed by atoms with van der Waals surface area (Å²) in [6.45, 7) is 2.66. The lowest BCUT2D eigenvalue weighted by Crippen LogP contribution is -2.39. The molecule has 0 fully saturated rings. The molecule has 194 valence electrons. The van der Waals surface area contributed by atoms with Gasteiger partial charge in [0.15, 0.2) is 11.5 Å². The largest absolute Gasteiger partial charge is 0.478 e. The molecule has 12 heteroatoms. The molecule has 0 amide bonds. The van der Waals surface area contributed by atoms with E-state index in [1.165, 1.54) is 31.2 Å². The highest BCUT2D eigenvalue weighted by Crippen LogP contribution is 2.37. The maximum atomic E-state index is 13.6. The molecule has 1 N–H and O–H groups in total. The number of aromatic nitrogens is 1. The number of methoxy groups -OCH3 is 1. The summed E-state index contributed by atoms with van der Waals surface area (Å²) < 4.78 is 49.1.